The first kappa shape index (κ1) is 17.7. The number of carbonyl (C=O) groups is 2. The molecule has 0 N–H and O–H groups in total. The van der Waals surface area contributed by atoms with Gasteiger partial charge in [-0.1, -0.05) is 44.2 Å². The third-order valence-corrected chi connectivity index (χ3v) is 4.55. The average molecular weight is 318 g/mol. The lowest BCUT2D eigenvalue weighted by molar-refractivity contribution is -0.156. The average Bonchev–Trinajstić information content (AvgIpc) is 3.36. The van der Waals surface area contributed by atoms with Gasteiger partial charge in [0.25, 0.3) is 0 Å². The maximum Gasteiger partial charge on any atom is 0.311 e. The smallest absolute Gasteiger partial charge is 0.311 e. The highest BCUT2D eigenvalue weighted by Crippen LogP contribution is 2.40. The van der Waals surface area contributed by atoms with Crippen LogP contribution in [0.3, 0.4) is 0 Å². The van der Waals surface area contributed by atoms with E-state index >= 15 is 0 Å². The largest absolute Gasteiger partial charge is 0.462 e. The molecule has 4 heteroatoms. The van der Waals surface area contributed by atoms with Crippen molar-refractivity contribution < 1.29 is 19.1 Å². The predicted octanol–water partition coefficient (Wildman–Crippen LogP) is 3.64. The summed E-state index contributed by atoms with van der Waals surface area (Å²) in [6.45, 7) is 8.57. The Kier molecular flexibility index (Phi) is 5.25. The molecule has 0 aromatic heterocycles. The van der Waals surface area contributed by atoms with Gasteiger partial charge in [-0.3, -0.25) is 9.59 Å². The van der Waals surface area contributed by atoms with Crippen LogP contribution in [0.5, 0.6) is 0 Å². The second kappa shape index (κ2) is 6.83. The van der Waals surface area contributed by atoms with Gasteiger partial charge >= 0.3 is 5.97 Å². The summed E-state index contributed by atoms with van der Waals surface area (Å²) in [4.78, 5) is 25.3. The Labute approximate surface area is 138 Å². The van der Waals surface area contributed by atoms with E-state index in [2.05, 4.69) is 0 Å². The van der Waals surface area contributed by atoms with E-state index in [-0.39, 0.29) is 17.9 Å². The standard InChI is InChI=1S/C19H26O4/c1-5-19(4,16(20)14-9-7-6-8-10-14)13-18(2,3)17(21)23-12-15-11-22-15/h6-10,15H,5,11-13H2,1-4H3. The van der Waals surface area contributed by atoms with E-state index in [9.17, 15) is 9.59 Å². The van der Waals surface area contributed by atoms with Crippen molar-refractivity contribution in [3.63, 3.8) is 0 Å². The van der Waals surface area contributed by atoms with Gasteiger partial charge in [0.05, 0.1) is 12.0 Å². The van der Waals surface area contributed by atoms with E-state index < -0.39 is 10.8 Å². The minimum atomic E-state index is -0.718. The number of rotatable bonds is 8. The molecule has 1 saturated heterocycles. The minimum absolute atomic E-state index is 0.0539. The highest BCUT2D eigenvalue weighted by atomic mass is 16.6. The molecule has 4 nitrogen and oxygen atoms in total. The van der Waals surface area contributed by atoms with Crippen LogP contribution in [0.1, 0.15) is 50.9 Å². The molecule has 0 saturated carbocycles. The number of epoxide rings is 1. The number of benzene rings is 1. The van der Waals surface area contributed by atoms with Crippen molar-refractivity contribution in [1.29, 1.82) is 0 Å². The van der Waals surface area contributed by atoms with Crippen LogP contribution in [0.4, 0.5) is 0 Å². The van der Waals surface area contributed by atoms with Crippen LogP contribution in [0.25, 0.3) is 0 Å². The SMILES string of the molecule is CCC(C)(CC(C)(C)C(=O)OCC1CO1)C(=O)c1ccccc1. The molecule has 0 radical (unpaired) electrons. The number of esters is 1. The van der Waals surface area contributed by atoms with Crippen molar-refractivity contribution in [2.24, 2.45) is 10.8 Å². The summed E-state index contributed by atoms with van der Waals surface area (Å²) in [6.07, 6.45) is 1.18. The van der Waals surface area contributed by atoms with Gasteiger partial charge in [0.1, 0.15) is 12.7 Å². The highest BCUT2D eigenvalue weighted by molar-refractivity contribution is 6.00. The van der Waals surface area contributed by atoms with E-state index in [0.29, 0.717) is 31.6 Å². The fourth-order valence-electron chi connectivity index (χ4n) is 2.88. The van der Waals surface area contributed by atoms with Crippen molar-refractivity contribution in [2.75, 3.05) is 13.2 Å². The molecule has 0 bridgehead atoms. The molecule has 23 heavy (non-hydrogen) atoms. The molecule has 1 aliphatic heterocycles. The van der Waals surface area contributed by atoms with Crippen LogP contribution in [0.15, 0.2) is 30.3 Å². The van der Waals surface area contributed by atoms with Gasteiger partial charge in [-0.2, -0.15) is 0 Å². The molecule has 1 aliphatic rings. The normalized spacial score (nSPS) is 19.7. The second-order valence-electron chi connectivity index (χ2n) is 7.22. The van der Waals surface area contributed by atoms with Gasteiger partial charge < -0.3 is 9.47 Å². The number of hydrogen-bond acceptors (Lipinski definition) is 4. The molecule has 0 spiro atoms. The van der Waals surface area contributed by atoms with E-state index in [0.717, 1.165) is 0 Å². The first-order valence-electron chi connectivity index (χ1n) is 8.17. The maximum atomic E-state index is 12.9. The molecule has 1 heterocycles. The molecule has 2 atom stereocenters. The van der Waals surface area contributed by atoms with Gasteiger partial charge in [0.15, 0.2) is 5.78 Å². The zero-order valence-corrected chi connectivity index (χ0v) is 14.4. The Morgan fingerprint density at radius 2 is 1.83 bits per heavy atom. The number of Topliss-reactive ketones (excluding diaryl/α,β-unsaturated/α-hetero) is 1. The molecule has 1 aromatic rings. The van der Waals surface area contributed by atoms with Crippen molar-refractivity contribution in [3.8, 4) is 0 Å². The summed E-state index contributed by atoms with van der Waals surface area (Å²) in [6, 6.07) is 9.26. The summed E-state index contributed by atoms with van der Waals surface area (Å²) in [5.74, 6) is -0.194. The Morgan fingerprint density at radius 1 is 1.22 bits per heavy atom. The van der Waals surface area contributed by atoms with Gasteiger partial charge in [0, 0.05) is 11.0 Å². The topological polar surface area (TPSA) is 55.9 Å². The van der Waals surface area contributed by atoms with Crippen molar-refractivity contribution in [3.05, 3.63) is 35.9 Å². The van der Waals surface area contributed by atoms with E-state index in [4.69, 9.17) is 9.47 Å². The molecule has 0 aliphatic carbocycles. The van der Waals surface area contributed by atoms with E-state index in [1.165, 1.54) is 0 Å². The van der Waals surface area contributed by atoms with Gasteiger partial charge in [0.2, 0.25) is 0 Å². The fourth-order valence-corrected chi connectivity index (χ4v) is 2.88. The fraction of sp³-hybridized carbons (Fsp3) is 0.579. The second-order valence-corrected chi connectivity index (χ2v) is 7.22. The van der Waals surface area contributed by atoms with Crippen LogP contribution < -0.4 is 0 Å². The summed E-state index contributed by atoms with van der Waals surface area (Å²) in [5.41, 5.74) is -0.628. The van der Waals surface area contributed by atoms with Crippen LogP contribution in [0, 0.1) is 10.8 Å². The molecule has 2 unspecified atom stereocenters. The first-order chi connectivity index (χ1) is 10.8. The molecule has 1 fully saturated rings. The Balaban J connectivity index is 2.08. The molecular formula is C19H26O4. The molecule has 126 valence electrons. The summed E-state index contributed by atoms with van der Waals surface area (Å²) >= 11 is 0. The van der Waals surface area contributed by atoms with Crippen LogP contribution in [0.2, 0.25) is 0 Å². The van der Waals surface area contributed by atoms with Gasteiger partial charge in [-0.15, -0.1) is 0 Å². The van der Waals surface area contributed by atoms with Crippen molar-refractivity contribution >= 4 is 11.8 Å². The summed E-state index contributed by atoms with van der Waals surface area (Å²) in [5, 5.41) is 0. The summed E-state index contributed by atoms with van der Waals surface area (Å²) < 4.78 is 10.4. The highest BCUT2D eigenvalue weighted by Gasteiger charge is 2.42. The van der Waals surface area contributed by atoms with Crippen LogP contribution >= 0.6 is 0 Å². The van der Waals surface area contributed by atoms with Crippen LogP contribution in [-0.2, 0) is 14.3 Å². The van der Waals surface area contributed by atoms with Crippen molar-refractivity contribution in [2.45, 2.75) is 46.6 Å². The Hall–Kier alpha value is -1.68. The number of carbonyl (C=O) groups excluding carboxylic acids is 2. The molecule has 0 amide bonds. The third kappa shape index (κ3) is 4.41. The minimum Gasteiger partial charge on any atom is -0.462 e. The number of ketones is 1. The Bertz CT molecular complexity index is 560. The lowest BCUT2D eigenvalue weighted by Crippen LogP contribution is -2.38. The molecule has 2 rings (SSSR count). The van der Waals surface area contributed by atoms with Gasteiger partial charge in [-0.05, 0) is 26.7 Å². The first-order valence-corrected chi connectivity index (χ1v) is 8.17. The quantitative estimate of drug-likeness (QED) is 0.417. The maximum absolute atomic E-state index is 12.9. The lowest BCUT2D eigenvalue weighted by Gasteiger charge is -2.34. The predicted molar refractivity (Wildman–Crippen MR) is 88.3 cm³/mol. The zero-order valence-electron chi connectivity index (χ0n) is 14.4. The third-order valence-electron chi connectivity index (χ3n) is 4.55. The monoisotopic (exact) mass is 318 g/mol. The van der Waals surface area contributed by atoms with Crippen molar-refractivity contribution in [1.82, 2.24) is 0 Å². The molecular weight excluding hydrogens is 292 g/mol. The van der Waals surface area contributed by atoms with Gasteiger partial charge in [-0.25, -0.2) is 0 Å². The van der Waals surface area contributed by atoms with Crippen LogP contribution in [-0.4, -0.2) is 31.1 Å². The number of ether oxygens (including phenoxy) is 2. The summed E-state index contributed by atoms with van der Waals surface area (Å²) in [7, 11) is 0. The lowest BCUT2D eigenvalue weighted by atomic mass is 9.69. The zero-order chi connectivity index (χ0) is 17.1. The Morgan fingerprint density at radius 3 is 2.35 bits per heavy atom. The van der Waals surface area contributed by atoms with E-state index in [1.807, 2.05) is 58.0 Å². The van der Waals surface area contributed by atoms with E-state index in [1.54, 1.807) is 0 Å². The number of hydrogen-bond donors (Lipinski definition) is 0. The molecule has 1 aromatic carbocycles.